The molecule has 4 aromatic rings. The van der Waals surface area contributed by atoms with Gasteiger partial charge >= 0.3 is 0 Å². The number of phenolic OH excluding ortho intramolecular Hbond substituents is 1. The van der Waals surface area contributed by atoms with Crippen LogP contribution in [-0.4, -0.2) is 31.7 Å². The van der Waals surface area contributed by atoms with Crippen molar-refractivity contribution in [2.75, 3.05) is 12.8 Å². The lowest BCUT2D eigenvalue weighted by Crippen LogP contribution is -2.21. The highest BCUT2D eigenvalue weighted by Crippen LogP contribution is 2.38. The number of methoxy groups -OCH3 is 1. The lowest BCUT2D eigenvalue weighted by Gasteiger charge is -2.25. The van der Waals surface area contributed by atoms with Gasteiger partial charge in [0, 0.05) is 29.3 Å². The first-order chi connectivity index (χ1) is 13.7. The summed E-state index contributed by atoms with van der Waals surface area (Å²) in [6.07, 6.45) is 1.45. The van der Waals surface area contributed by atoms with Gasteiger partial charge in [-0.2, -0.15) is 0 Å². The molecule has 3 heterocycles. The number of nitrogen functional groups attached to an aromatic ring is 1. The fourth-order valence-electron chi connectivity index (χ4n) is 3.96. The van der Waals surface area contributed by atoms with Crippen LogP contribution in [0.3, 0.4) is 0 Å². The molecule has 0 aliphatic rings. The Labute approximate surface area is 169 Å². The predicted octanol–water partition coefficient (Wildman–Crippen LogP) is 4.06. The maximum absolute atomic E-state index is 10.4. The van der Waals surface area contributed by atoms with Gasteiger partial charge in [-0.3, -0.25) is 4.57 Å². The molecule has 4 rings (SSSR count). The Hall–Kier alpha value is -3.19. The number of phenols is 1. The van der Waals surface area contributed by atoms with E-state index < -0.39 is 5.60 Å². The maximum atomic E-state index is 10.4. The van der Waals surface area contributed by atoms with E-state index in [4.69, 9.17) is 15.5 Å². The van der Waals surface area contributed by atoms with E-state index in [1.807, 2.05) is 45.3 Å². The summed E-state index contributed by atoms with van der Waals surface area (Å²) in [5.74, 6) is 0.609. The van der Waals surface area contributed by atoms with Crippen molar-refractivity contribution in [2.45, 2.75) is 40.2 Å². The predicted molar refractivity (Wildman–Crippen MR) is 114 cm³/mol. The van der Waals surface area contributed by atoms with Crippen LogP contribution in [0, 0.1) is 20.8 Å². The van der Waals surface area contributed by atoms with Crippen LogP contribution < -0.4 is 5.73 Å². The van der Waals surface area contributed by atoms with E-state index in [-0.39, 0.29) is 5.75 Å². The molecule has 0 saturated heterocycles. The molecule has 1 aromatic carbocycles. The Morgan fingerprint density at radius 3 is 2.52 bits per heavy atom. The molecule has 3 N–H and O–H groups in total. The molecule has 0 atom stereocenters. The molecule has 0 bridgehead atoms. The molecule has 0 saturated carbocycles. The Morgan fingerprint density at radius 1 is 1.10 bits per heavy atom. The monoisotopic (exact) mass is 391 g/mol. The Balaban J connectivity index is 2.24. The van der Waals surface area contributed by atoms with Gasteiger partial charge in [0.2, 0.25) is 0 Å². The summed E-state index contributed by atoms with van der Waals surface area (Å²) >= 11 is 0. The number of nitrogens with two attached hydrogens (primary N) is 1. The summed E-state index contributed by atoms with van der Waals surface area (Å²) in [6, 6.07) is 5.64. The summed E-state index contributed by atoms with van der Waals surface area (Å²) in [5, 5.41) is 11.9. The fraction of sp³-hybridized carbons (Fsp3) is 0.318. The van der Waals surface area contributed by atoms with Gasteiger partial charge in [0.1, 0.15) is 23.5 Å². The topological polar surface area (TPSA) is 99.1 Å². The zero-order valence-corrected chi connectivity index (χ0v) is 17.5. The van der Waals surface area contributed by atoms with Crippen LogP contribution in [0.4, 0.5) is 5.82 Å². The smallest absolute Gasteiger partial charge is 0.152 e. The van der Waals surface area contributed by atoms with Crippen LogP contribution in [0.25, 0.3) is 27.8 Å². The molecule has 0 amide bonds. The lowest BCUT2D eigenvalue weighted by atomic mass is 9.95. The van der Waals surface area contributed by atoms with E-state index in [1.165, 1.54) is 6.33 Å². The first-order valence-corrected chi connectivity index (χ1v) is 9.44. The third-order valence-corrected chi connectivity index (χ3v) is 5.73. The third-order valence-electron chi connectivity index (χ3n) is 5.73. The maximum Gasteiger partial charge on any atom is 0.152 e. The second kappa shape index (κ2) is 6.42. The number of anilines is 1. The number of fused-ring (bicyclic) bond motifs is 3. The van der Waals surface area contributed by atoms with Gasteiger partial charge in [0.25, 0.3) is 0 Å². The molecular weight excluding hydrogens is 366 g/mol. The highest BCUT2D eigenvalue weighted by atomic mass is 16.5. The number of aromatic nitrogens is 4. The average molecular weight is 391 g/mol. The summed E-state index contributed by atoms with van der Waals surface area (Å²) in [4.78, 5) is 13.7. The van der Waals surface area contributed by atoms with Crippen molar-refractivity contribution in [3.05, 3.63) is 46.9 Å². The van der Waals surface area contributed by atoms with Crippen LogP contribution in [0.15, 0.2) is 24.5 Å². The van der Waals surface area contributed by atoms with Crippen molar-refractivity contribution in [1.82, 2.24) is 19.5 Å². The minimum absolute atomic E-state index is 0.219. The molecule has 7 nitrogen and oxygen atoms in total. The van der Waals surface area contributed by atoms with Gasteiger partial charge in [0.05, 0.1) is 16.7 Å². The molecule has 3 aromatic heterocycles. The molecule has 0 unspecified atom stereocenters. The van der Waals surface area contributed by atoms with E-state index >= 15 is 0 Å². The Bertz CT molecular complexity index is 1270. The highest BCUT2D eigenvalue weighted by molar-refractivity contribution is 6.11. The zero-order valence-electron chi connectivity index (χ0n) is 17.5. The number of rotatable bonds is 3. The average Bonchev–Trinajstić information content (AvgIpc) is 2.99. The number of benzene rings is 1. The van der Waals surface area contributed by atoms with E-state index in [0.29, 0.717) is 11.5 Å². The largest absolute Gasteiger partial charge is 0.508 e. The quantitative estimate of drug-likeness (QED) is 0.546. The SMILES string of the molecule is COC(C)(C)c1cc2c3c(N)ncnc3n(-c3c(C)ccc(O)c3C)c2nc1C. The first-order valence-electron chi connectivity index (χ1n) is 9.44. The van der Waals surface area contributed by atoms with E-state index in [1.54, 1.807) is 13.2 Å². The zero-order chi connectivity index (χ0) is 21.1. The fourth-order valence-corrected chi connectivity index (χ4v) is 3.96. The minimum Gasteiger partial charge on any atom is -0.508 e. The number of aromatic hydroxyl groups is 1. The van der Waals surface area contributed by atoms with Gasteiger partial charge in [0.15, 0.2) is 5.65 Å². The van der Waals surface area contributed by atoms with Crippen LogP contribution in [0.5, 0.6) is 5.75 Å². The van der Waals surface area contributed by atoms with Gasteiger partial charge in [-0.1, -0.05) is 6.07 Å². The van der Waals surface area contributed by atoms with Crippen molar-refractivity contribution in [2.24, 2.45) is 0 Å². The molecule has 0 aliphatic carbocycles. The van der Waals surface area contributed by atoms with Gasteiger partial charge < -0.3 is 15.6 Å². The minimum atomic E-state index is -0.513. The Morgan fingerprint density at radius 2 is 1.83 bits per heavy atom. The molecule has 7 heteroatoms. The standard InChI is InChI=1S/C22H25N5O2/c1-11-7-8-16(28)12(2)18(11)27-20-14(17-19(23)24-10-25-21(17)27)9-15(13(3)26-20)22(4,5)29-6/h7-10,28H,1-6H3,(H2,23,24,25). The van der Waals surface area contributed by atoms with Crippen LogP contribution in [0.2, 0.25) is 0 Å². The van der Waals surface area contributed by atoms with Crippen molar-refractivity contribution < 1.29 is 9.84 Å². The molecule has 150 valence electrons. The molecule has 0 spiro atoms. The summed E-state index contributed by atoms with van der Waals surface area (Å²) in [6.45, 7) is 9.86. The van der Waals surface area contributed by atoms with E-state index in [9.17, 15) is 5.11 Å². The van der Waals surface area contributed by atoms with Gasteiger partial charge in [-0.05, 0) is 52.3 Å². The normalized spacial score (nSPS) is 12.2. The summed E-state index contributed by atoms with van der Waals surface area (Å²) in [5.41, 5.74) is 11.6. The molecule has 0 fully saturated rings. The highest BCUT2D eigenvalue weighted by Gasteiger charge is 2.27. The van der Waals surface area contributed by atoms with E-state index in [2.05, 4.69) is 16.0 Å². The second-order valence-corrected chi connectivity index (χ2v) is 7.88. The van der Waals surface area contributed by atoms with Gasteiger partial charge in [-0.15, -0.1) is 0 Å². The third kappa shape index (κ3) is 2.73. The second-order valence-electron chi connectivity index (χ2n) is 7.88. The van der Waals surface area contributed by atoms with Crippen LogP contribution in [-0.2, 0) is 10.3 Å². The number of aryl methyl sites for hydroxylation is 2. The first kappa shape index (κ1) is 19.1. The summed E-state index contributed by atoms with van der Waals surface area (Å²) < 4.78 is 7.66. The molecular formula is C22H25N5O2. The number of pyridine rings is 1. The lowest BCUT2D eigenvalue weighted by molar-refractivity contribution is 0.0185. The number of hydrogen-bond acceptors (Lipinski definition) is 6. The van der Waals surface area contributed by atoms with Crippen molar-refractivity contribution in [3.63, 3.8) is 0 Å². The van der Waals surface area contributed by atoms with Crippen molar-refractivity contribution in [1.29, 1.82) is 0 Å². The number of nitrogens with zero attached hydrogens (tertiary/aromatic N) is 4. The molecule has 0 aliphatic heterocycles. The summed E-state index contributed by atoms with van der Waals surface area (Å²) in [7, 11) is 1.68. The van der Waals surface area contributed by atoms with E-state index in [0.717, 1.165) is 44.5 Å². The molecule has 29 heavy (non-hydrogen) atoms. The number of hydrogen-bond donors (Lipinski definition) is 2. The van der Waals surface area contributed by atoms with Crippen molar-refractivity contribution >= 4 is 27.9 Å². The van der Waals surface area contributed by atoms with Gasteiger partial charge in [-0.25, -0.2) is 15.0 Å². The molecule has 0 radical (unpaired) electrons. The van der Waals surface area contributed by atoms with Crippen LogP contribution >= 0.6 is 0 Å². The number of ether oxygens (including phenoxy) is 1. The van der Waals surface area contributed by atoms with Crippen LogP contribution in [0.1, 0.15) is 36.2 Å². The van der Waals surface area contributed by atoms with Crippen molar-refractivity contribution in [3.8, 4) is 11.4 Å². The Kier molecular flexibility index (Phi) is 4.24.